The smallest absolute Gasteiger partial charge is 0.216 e. The lowest BCUT2D eigenvalue weighted by molar-refractivity contribution is -0.118. The number of pyridine rings is 1. The summed E-state index contributed by atoms with van der Waals surface area (Å²) in [7, 11) is 0. The van der Waals surface area contributed by atoms with E-state index in [0.717, 1.165) is 0 Å². The van der Waals surface area contributed by atoms with E-state index in [9.17, 15) is 9.59 Å². The molecule has 0 bridgehead atoms. The predicted octanol–water partition coefficient (Wildman–Crippen LogP) is 1.16. The van der Waals surface area contributed by atoms with Crippen molar-refractivity contribution < 1.29 is 9.59 Å². The number of hydrogen-bond donors (Lipinski definition) is 1. The highest BCUT2D eigenvalue weighted by atomic mass is 16.1. The van der Waals surface area contributed by atoms with Gasteiger partial charge in [0.2, 0.25) is 5.91 Å². The molecule has 0 fully saturated rings. The first-order chi connectivity index (χ1) is 8.09. The Hall–Kier alpha value is -2.15. The summed E-state index contributed by atoms with van der Waals surface area (Å²) >= 11 is 0. The van der Waals surface area contributed by atoms with Gasteiger partial charge in [-0.1, -0.05) is 5.92 Å². The average Bonchev–Trinajstić information content (AvgIpc) is 2.29. The Morgan fingerprint density at radius 3 is 2.65 bits per heavy atom. The van der Waals surface area contributed by atoms with E-state index in [1.165, 1.54) is 20.0 Å². The minimum atomic E-state index is -0.0595. The summed E-state index contributed by atoms with van der Waals surface area (Å²) in [5, 5.41) is 2.65. The number of carbonyl (C=O) groups is 2. The van der Waals surface area contributed by atoms with Gasteiger partial charge in [-0.2, -0.15) is 0 Å². The number of aromatic nitrogens is 1. The minimum Gasteiger partial charge on any atom is -0.355 e. The number of hydrogen-bond acceptors (Lipinski definition) is 3. The maximum absolute atomic E-state index is 11.0. The van der Waals surface area contributed by atoms with Gasteiger partial charge in [-0.25, -0.2) is 4.98 Å². The fourth-order valence-corrected chi connectivity index (χ4v) is 1.13. The normalized spacial score (nSPS) is 9.06. The predicted molar refractivity (Wildman–Crippen MR) is 64.4 cm³/mol. The topological polar surface area (TPSA) is 59.1 Å². The van der Waals surface area contributed by atoms with E-state index in [2.05, 4.69) is 22.1 Å². The van der Waals surface area contributed by atoms with Crippen LogP contribution >= 0.6 is 0 Å². The van der Waals surface area contributed by atoms with Gasteiger partial charge in [0, 0.05) is 31.6 Å². The number of nitrogens with one attached hydrogen (secondary N) is 1. The standard InChI is InChI=1S/C13H14N2O2/c1-10(16)12-6-7-13(15-9-12)5-3-4-8-14-11(2)17/h6-7,9H,4,8H2,1-2H3,(H,14,17). The first-order valence-corrected chi connectivity index (χ1v) is 5.30. The molecule has 0 aliphatic carbocycles. The third kappa shape index (κ3) is 4.94. The molecule has 0 aliphatic heterocycles. The maximum Gasteiger partial charge on any atom is 0.216 e. The molecule has 0 aliphatic rings. The van der Waals surface area contributed by atoms with Crippen LogP contribution in [-0.2, 0) is 4.79 Å². The molecule has 1 aromatic rings. The van der Waals surface area contributed by atoms with Crippen molar-refractivity contribution in [2.75, 3.05) is 6.54 Å². The number of Topliss-reactive ketones (excluding diaryl/α,β-unsaturated/α-hetero) is 1. The number of rotatable bonds is 3. The summed E-state index contributed by atoms with van der Waals surface area (Å²) in [6.45, 7) is 3.50. The summed E-state index contributed by atoms with van der Waals surface area (Å²) in [5.41, 5.74) is 1.20. The summed E-state index contributed by atoms with van der Waals surface area (Å²) in [5.74, 6) is 5.68. The molecule has 0 spiro atoms. The first-order valence-electron chi connectivity index (χ1n) is 5.30. The largest absolute Gasteiger partial charge is 0.355 e. The van der Waals surface area contributed by atoms with Crippen LogP contribution < -0.4 is 5.32 Å². The third-order valence-electron chi connectivity index (χ3n) is 2.01. The van der Waals surface area contributed by atoms with E-state index in [1.54, 1.807) is 12.1 Å². The number of nitrogens with zero attached hydrogens (tertiary/aromatic N) is 1. The molecule has 1 amide bonds. The first kappa shape index (κ1) is 12.9. The van der Waals surface area contributed by atoms with E-state index in [4.69, 9.17) is 0 Å². The summed E-state index contributed by atoms with van der Waals surface area (Å²) < 4.78 is 0. The van der Waals surface area contributed by atoms with E-state index in [1.807, 2.05) is 0 Å². The summed E-state index contributed by atoms with van der Waals surface area (Å²) in [6.07, 6.45) is 2.09. The monoisotopic (exact) mass is 230 g/mol. The minimum absolute atomic E-state index is 0.0114. The van der Waals surface area contributed by atoms with E-state index in [-0.39, 0.29) is 11.7 Å². The summed E-state index contributed by atoms with van der Waals surface area (Å²) in [4.78, 5) is 25.6. The van der Waals surface area contributed by atoms with Gasteiger partial charge in [-0.15, -0.1) is 0 Å². The van der Waals surface area contributed by atoms with Crippen molar-refractivity contribution in [2.24, 2.45) is 0 Å². The molecule has 1 heterocycles. The average molecular weight is 230 g/mol. The van der Waals surface area contributed by atoms with E-state index < -0.39 is 0 Å². The number of carbonyl (C=O) groups excluding carboxylic acids is 2. The molecule has 0 saturated heterocycles. The highest BCUT2D eigenvalue weighted by molar-refractivity contribution is 5.93. The van der Waals surface area contributed by atoms with Crippen molar-refractivity contribution >= 4 is 11.7 Å². The zero-order valence-corrected chi connectivity index (χ0v) is 9.91. The lowest BCUT2D eigenvalue weighted by Gasteiger charge is -1.95. The Morgan fingerprint density at radius 1 is 1.35 bits per heavy atom. The van der Waals surface area contributed by atoms with Crippen LogP contribution in [0, 0.1) is 11.8 Å². The SMILES string of the molecule is CC(=O)NCCC#Cc1ccc(C(C)=O)cn1. The van der Waals surface area contributed by atoms with Crippen LogP contribution in [0.1, 0.15) is 36.3 Å². The van der Waals surface area contributed by atoms with Gasteiger partial charge in [0.15, 0.2) is 5.78 Å². The lowest BCUT2D eigenvalue weighted by Crippen LogP contribution is -2.20. The Bertz CT molecular complexity index is 466. The van der Waals surface area contributed by atoms with Crippen LogP contribution in [-0.4, -0.2) is 23.2 Å². The van der Waals surface area contributed by atoms with Crippen LogP contribution in [0.25, 0.3) is 0 Å². The molecule has 88 valence electrons. The Labute approximate surface area is 100 Å². The molecular formula is C13H14N2O2. The van der Waals surface area contributed by atoms with Gasteiger partial charge in [-0.3, -0.25) is 9.59 Å². The molecule has 4 heteroatoms. The second-order valence-corrected chi connectivity index (χ2v) is 3.52. The van der Waals surface area contributed by atoms with Gasteiger partial charge in [-0.05, 0) is 25.0 Å². The fraction of sp³-hybridized carbons (Fsp3) is 0.308. The van der Waals surface area contributed by atoms with Crippen LogP contribution in [0.3, 0.4) is 0 Å². The molecule has 0 unspecified atom stereocenters. The maximum atomic E-state index is 11.0. The molecule has 4 nitrogen and oxygen atoms in total. The van der Waals surface area contributed by atoms with Crippen molar-refractivity contribution in [3.8, 4) is 11.8 Å². The van der Waals surface area contributed by atoms with Crippen molar-refractivity contribution in [3.63, 3.8) is 0 Å². The van der Waals surface area contributed by atoms with Crippen molar-refractivity contribution in [1.29, 1.82) is 0 Å². The highest BCUT2D eigenvalue weighted by Crippen LogP contribution is 1.99. The Kier molecular flexibility index (Phi) is 4.89. The van der Waals surface area contributed by atoms with Crippen molar-refractivity contribution in [2.45, 2.75) is 20.3 Å². The quantitative estimate of drug-likeness (QED) is 0.481. The second kappa shape index (κ2) is 6.44. The van der Waals surface area contributed by atoms with Gasteiger partial charge in [0.05, 0.1) is 0 Å². The van der Waals surface area contributed by atoms with Crippen LogP contribution in [0.4, 0.5) is 0 Å². The summed E-state index contributed by atoms with van der Waals surface area (Å²) in [6, 6.07) is 3.41. The van der Waals surface area contributed by atoms with Crippen LogP contribution in [0.5, 0.6) is 0 Å². The fourth-order valence-electron chi connectivity index (χ4n) is 1.13. The van der Waals surface area contributed by atoms with E-state index in [0.29, 0.717) is 24.2 Å². The molecule has 17 heavy (non-hydrogen) atoms. The van der Waals surface area contributed by atoms with Crippen molar-refractivity contribution in [3.05, 3.63) is 29.6 Å². The van der Waals surface area contributed by atoms with Gasteiger partial charge in [0.1, 0.15) is 5.69 Å². The van der Waals surface area contributed by atoms with Crippen molar-refractivity contribution in [1.82, 2.24) is 10.3 Å². The molecule has 1 N–H and O–H groups in total. The molecular weight excluding hydrogens is 216 g/mol. The van der Waals surface area contributed by atoms with E-state index >= 15 is 0 Å². The van der Waals surface area contributed by atoms with Gasteiger partial charge in [0.25, 0.3) is 0 Å². The molecule has 1 rings (SSSR count). The number of amides is 1. The zero-order chi connectivity index (χ0) is 12.7. The molecule has 1 aromatic heterocycles. The lowest BCUT2D eigenvalue weighted by atomic mass is 10.2. The second-order valence-electron chi connectivity index (χ2n) is 3.52. The number of ketones is 1. The van der Waals surface area contributed by atoms with Gasteiger partial charge >= 0.3 is 0 Å². The molecule has 0 atom stereocenters. The third-order valence-corrected chi connectivity index (χ3v) is 2.01. The van der Waals surface area contributed by atoms with Crippen LogP contribution in [0.15, 0.2) is 18.3 Å². The van der Waals surface area contributed by atoms with Crippen LogP contribution in [0.2, 0.25) is 0 Å². The Morgan fingerprint density at radius 2 is 2.12 bits per heavy atom. The van der Waals surface area contributed by atoms with Gasteiger partial charge < -0.3 is 5.32 Å². The zero-order valence-electron chi connectivity index (χ0n) is 9.91. The molecule has 0 radical (unpaired) electrons. The highest BCUT2D eigenvalue weighted by Gasteiger charge is 1.97. The molecule has 0 saturated carbocycles. The molecule has 0 aromatic carbocycles. The Balaban J connectivity index is 2.49.